The van der Waals surface area contributed by atoms with E-state index in [1.807, 2.05) is 25.9 Å². The smallest absolute Gasteiger partial charge is 0.225 e. The third kappa shape index (κ3) is 5.22. The first kappa shape index (κ1) is 13.4. The summed E-state index contributed by atoms with van der Waals surface area (Å²) in [5.41, 5.74) is 0. The molecule has 1 N–H and O–H groups in total. The van der Waals surface area contributed by atoms with E-state index in [-0.39, 0.29) is 11.8 Å². The molecule has 0 heterocycles. The summed E-state index contributed by atoms with van der Waals surface area (Å²) in [6.45, 7) is 5.96. The van der Waals surface area contributed by atoms with Gasteiger partial charge in [0.15, 0.2) is 0 Å². The fourth-order valence-corrected chi connectivity index (χ4v) is 1.54. The first-order valence-electron chi connectivity index (χ1n) is 5.53. The van der Waals surface area contributed by atoms with Gasteiger partial charge in [-0.3, -0.25) is 4.79 Å². The molecule has 0 aliphatic rings. The number of amides is 1. The predicted octanol–water partition coefficient (Wildman–Crippen LogP) is 1.49. The monoisotopic (exact) mass is 200 g/mol. The van der Waals surface area contributed by atoms with E-state index in [1.54, 1.807) is 0 Å². The second-order valence-corrected chi connectivity index (χ2v) is 3.91. The number of nitrogens with one attached hydrogen (secondary N) is 1. The second-order valence-electron chi connectivity index (χ2n) is 3.91. The van der Waals surface area contributed by atoms with Crippen molar-refractivity contribution < 1.29 is 4.79 Å². The van der Waals surface area contributed by atoms with Crippen LogP contribution < -0.4 is 5.32 Å². The average Bonchev–Trinajstić information content (AvgIpc) is 2.17. The summed E-state index contributed by atoms with van der Waals surface area (Å²) in [4.78, 5) is 13.6. The highest BCUT2D eigenvalue weighted by atomic mass is 16.2. The van der Waals surface area contributed by atoms with Crippen LogP contribution in [0.3, 0.4) is 0 Å². The number of carbonyl (C=O) groups is 1. The van der Waals surface area contributed by atoms with E-state index >= 15 is 0 Å². The Kier molecular flexibility index (Phi) is 7.48. The Morgan fingerprint density at radius 1 is 1.50 bits per heavy atom. The summed E-state index contributed by atoms with van der Waals surface area (Å²) in [6.07, 6.45) is 3.10. The lowest BCUT2D eigenvalue weighted by Gasteiger charge is -2.21. The first-order chi connectivity index (χ1) is 6.63. The van der Waals surface area contributed by atoms with Crippen molar-refractivity contribution in [3.05, 3.63) is 0 Å². The Bertz CT molecular complexity index is 159. The number of nitrogens with zero attached hydrogens (tertiary/aromatic N) is 1. The van der Waals surface area contributed by atoms with E-state index in [0.717, 1.165) is 32.4 Å². The summed E-state index contributed by atoms with van der Waals surface area (Å²) in [5.74, 6) is 0.461. The second kappa shape index (κ2) is 7.80. The van der Waals surface area contributed by atoms with Gasteiger partial charge in [-0.2, -0.15) is 0 Å². The van der Waals surface area contributed by atoms with Crippen LogP contribution in [0, 0.1) is 5.92 Å². The molecule has 0 bridgehead atoms. The maximum atomic E-state index is 11.7. The van der Waals surface area contributed by atoms with E-state index in [9.17, 15) is 4.79 Å². The predicted molar refractivity (Wildman–Crippen MR) is 60.3 cm³/mol. The highest BCUT2D eigenvalue weighted by Crippen LogP contribution is 2.08. The zero-order chi connectivity index (χ0) is 11.0. The Labute approximate surface area is 87.9 Å². The van der Waals surface area contributed by atoms with E-state index in [2.05, 4.69) is 12.2 Å². The highest BCUT2D eigenvalue weighted by molar-refractivity contribution is 5.78. The molecule has 0 aromatic carbocycles. The zero-order valence-corrected chi connectivity index (χ0v) is 9.97. The summed E-state index contributed by atoms with van der Waals surface area (Å²) in [6, 6.07) is 0. The van der Waals surface area contributed by atoms with Crippen LogP contribution in [-0.2, 0) is 4.79 Å². The molecule has 1 unspecified atom stereocenters. The van der Waals surface area contributed by atoms with E-state index < -0.39 is 0 Å². The van der Waals surface area contributed by atoms with Gasteiger partial charge in [-0.05, 0) is 26.4 Å². The van der Waals surface area contributed by atoms with Gasteiger partial charge in [0.05, 0.1) is 0 Å². The molecule has 0 radical (unpaired) electrons. The number of hydrogen-bond donors (Lipinski definition) is 1. The number of rotatable bonds is 7. The molecule has 0 aliphatic carbocycles. The number of carbonyl (C=O) groups excluding carboxylic acids is 1. The minimum atomic E-state index is 0.180. The van der Waals surface area contributed by atoms with E-state index in [0.29, 0.717) is 0 Å². The quantitative estimate of drug-likeness (QED) is 0.632. The molecule has 0 rings (SSSR count). The SMILES string of the molecule is CCCC(C)C(=O)N(C)CCCNC. The van der Waals surface area contributed by atoms with Gasteiger partial charge >= 0.3 is 0 Å². The van der Waals surface area contributed by atoms with Gasteiger partial charge in [-0.25, -0.2) is 0 Å². The lowest BCUT2D eigenvalue weighted by molar-refractivity contribution is -0.133. The maximum Gasteiger partial charge on any atom is 0.225 e. The first-order valence-corrected chi connectivity index (χ1v) is 5.53. The van der Waals surface area contributed by atoms with Crippen LogP contribution in [0.2, 0.25) is 0 Å². The molecule has 3 nitrogen and oxygen atoms in total. The van der Waals surface area contributed by atoms with Gasteiger partial charge in [0, 0.05) is 19.5 Å². The van der Waals surface area contributed by atoms with Crippen LogP contribution in [0.15, 0.2) is 0 Å². The van der Waals surface area contributed by atoms with Crippen LogP contribution in [0.25, 0.3) is 0 Å². The molecule has 14 heavy (non-hydrogen) atoms. The Balaban J connectivity index is 3.74. The number of hydrogen-bond acceptors (Lipinski definition) is 2. The molecule has 0 saturated heterocycles. The van der Waals surface area contributed by atoms with Crippen molar-refractivity contribution >= 4 is 5.91 Å². The standard InChI is InChI=1S/C11H24N2O/c1-5-7-10(2)11(14)13(4)9-6-8-12-3/h10,12H,5-9H2,1-4H3. The van der Waals surface area contributed by atoms with Gasteiger partial charge in [-0.1, -0.05) is 20.3 Å². The van der Waals surface area contributed by atoms with Gasteiger partial charge in [0.1, 0.15) is 0 Å². The van der Waals surface area contributed by atoms with Gasteiger partial charge < -0.3 is 10.2 Å². The lowest BCUT2D eigenvalue weighted by atomic mass is 10.1. The molecule has 0 aromatic rings. The Hall–Kier alpha value is -0.570. The molecular formula is C11H24N2O. The molecule has 0 aliphatic heterocycles. The van der Waals surface area contributed by atoms with Gasteiger partial charge in [0.2, 0.25) is 5.91 Å². The molecule has 1 amide bonds. The van der Waals surface area contributed by atoms with Crippen molar-refractivity contribution in [3.63, 3.8) is 0 Å². The summed E-state index contributed by atoms with van der Waals surface area (Å²) >= 11 is 0. The molecule has 0 aromatic heterocycles. The zero-order valence-electron chi connectivity index (χ0n) is 9.97. The molecule has 1 atom stereocenters. The normalized spacial score (nSPS) is 12.6. The largest absolute Gasteiger partial charge is 0.345 e. The minimum Gasteiger partial charge on any atom is -0.345 e. The molecule has 3 heteroatoms. The third-order valence-corrected chi connectivity index (χ3v) is 2.44. The summed E-state index contributed by atoms with van der Waals surface area (Å²) in [7, 11) is 3.83. The Morgan fingerprint density at radius 3 is 2.64 bits per heavy atom. The lowest BCUT2D eigenvalue weighted by Crippen LogP contribution is -2.33. The molecule has 0 spiro atoms. The van der Waals surface area contributed by atoms with E-state index in [1.165, 1.54) is 0 Å². The fourth-order valence-electron chi connectivity index (χ4n) is 1.54. The maximum absolute atomic E-state index is 11.7. The Morgan fingerprint density at radius 2 is 2.14 bits per heavy atom. The van der Waals surface area contributed by atoms with Gasteiger partial charge in [-0.15, -0.1) is 0 Å². The van der Waals surface area contributed by atoms with Crippen LogP contribution >= 0.6 is 0 Å². The van der Waals surface area contributed by atoms with Crippen molar-refractivity contribution in [1.82, 2.24) is 10.2 Å². The minimum absolute atomic E-state index is 0.180. The molecule has 0 saturated carbocycles. The van der Waals surface area contributed by atoms with Crippen LogP contribution in [-0.4, -0.2) is 38.0 Å². The van der Waals surface area contributed by atoms with Crippen molar-refractivity contribution in [2.24, 2.45) is 5.92 Å². The van der Waals surface area contributed by atoms with Crippen molar-refractivity contribution in [2.75, 3.05) is 27.2 Å². The van der Waals surface area contributed by atoms with Crippen LogP contribution in [0.4, 0.5) is 0 Å². The summed E-state index contributed by atoms with van der Waals surface area (Å²) in [5, 5.41) is 3.08. The topological polar surface area (TPSA) is 32.3 Å². The highest BCUT2D eigenvalue weighted by Gasteiger charge is 2.15. The molecule has 0 fully saturated rings. The summed E-state index contributed by atoms with van der Waals surface area (Å²) < 4.78 is 0. The molecular weight excluding hydrogens is 176 g/mol. The van der Waals surface area contributed by atoms with Gasteiger partial charge in [0.25, 0.3) is 0 Å². The van der Waals surface area contributed by atoms with E-state index in [4.69, 9.17) is 0 Å². The third-order valence-electron chi connectivity index (χ3n) is 2.44. The van der Waals surface area contributed by atoms with Crippen molar-refractivity contribution in [3.8, 4) is 0 Å². The fraction of sp³-hybridized carbons (Fsp3) is 0.909. The average molecular weight is 200 g/mol. The van der Waals surface area contributed by atoms with Crippen molar-refractivity contribution in [2.45, 2.75) is 33.1 Å². The molecule has 84 valence electrons. The van der Waals surface area contributed by atoms with Crippen molar-refractivity contribution in [1.29, 1.82) is 0 Å². The van der Waals surface area contributed by atoms with Crippen LogP contribution in [0.5, 0.6) is 0 Å². The van der Waals surface area contributed by atoms with Crippen LogP contribution in [0.1, 0.15) is 33.1 Å².